The van der Waals surface area contributed by atoms with E-state index in [1.54, 1.807) is 37.4 Å². The molecule has 0 unspecified atom stereocenters. The van der Waals surface area contributed by atoms with Gasteiger partial charge in [0.15, 0.2) is 6.61 Å². The van der Waals surface area contributed by atoms with Crippen LogP contribution < -0.4 is 10.1 Å². The SMILES string of the molecule is COc1ccc(/C=C(/C#N)C(=O)OCC(=O)Nc2ccccc2Sc2ccccc2)cc1. The summed E-state index contributed by atoms with van der Waals surface area (Å²) in [5.41, 5.74) is 1.04. The second-order valence-electron chi connectivity index (χ2n) is 6.48. The third-order valence-corrected chi connectivity index (χ3v) is 5.32. The molecule has 0 aliphatic heterocycles. The summed E-state index contributed by atoms with van der Waals surface area (Å²) in [6, 6.07) is 25.8. The van der Waals surface area contributed by atoms with E-state index in [0.29, 0.717) is 17.0 Å². The number of rotatable bonds is 8. The number of carbonyl (C=O) groups excluding carboxylic acids is 2. The summed E-state index contributed by atoms with van der Waals surface area (Å²) in [6.07, 6.45) is 1.39. The van der Waals surface area contributed by atoms with Crippen LogP contribution in [0.3, 0.4) is 0 Å². The molecule has 0 fully saturated rings. The average Bonchev–Trinajstić information content (AvgIpc) is 2.83. The quantitative estimate of drug-likeness (QED) is 0.301. The maximum atomic E-state index is 12.3. The minimum absolute atomic E-state index is 0.206. The summed E-state index contributed by atoms with van der Waals surface area (Å²) in [5.74, 6) is -0.711. The zero-order valence-corrected chi connectivity index (χ0v) is 18.1. The van der Waals surface area contributed by atoms with Crippen LogP contribution in [-0.4, -0.2) is 25.6 Å². The molecule has 0 atom stereocenters. The summed E-state index contributed by atoms with van der Waals surface area (Å²) >= 11 is 1.51. The number of esters is 1. The van der Waals surface area contributed by atoms with Crippen molar-refractivity contribution in [3.05, 3.63) is 90.0 Å². The zero-order valence-electron chi connectivity index (χ0n) is 17.3. The highest BCUT2D eigenvalue weighted by Gasteiger charge is 2.14. The molecule has 1 amide bonds. The van der Waals surface area contributed by atoms with Crippen molar-refractivity contribution < 1.29 is 19.1 Å². The second kappa shape index (κ2) is 11.4. The number of methoxy groups -OCH3 is 1. The first-order chi connectivity index (χ1) is 15.6. The molecule has 160 valence electrons. The van der Waals surface area contributed by atoms with E-state index < -0.39 is 18.5 Å². The van der Waals surface area contributed by atoms with Gasteiger partial charge in [-0.15, -0.1) is 0 Å². The number of hydrogen-bond donors (Lipinski definition) is 1. The number of nitrogens with zero attached hydrogens (tertiary/aromatic N) is 1. The lowest BCUT2D eigenvalue weighted by atomic mass is 10.1. The van der Waals surface area contributed by atoms with Gasteiger partial charge < -0.3 is 14.8 Å². The number of carbonyl (C=O) groups is 2. The summed E-state index contributed by atoms with van der Waals surface area (Å²) in [4.78, 5) is 26.5. The van der Waals surface area contributed by atoms with Crippen LogP contribution in [0, 0.1) is 11.3 Å². The average molecular weight is 445 g/mol. The smallest absolute Gasteiger partial charge is 0.349 e. The molecular formula is C25H20N2O4S. The molecule has 3 aromatic carbocycles. The third-order valence-electron chi connectivity index (χ3n) is 4.23. The van der Waals surface area contributed by atoms with Gasteiger partial charge in [0.05, 0.1) is 12.8 Å². The van der Waals surface area contributed by atoms with Gasteiger partial charge in [0.1, 0.15) is 17.4 Å². The van der Waals surface area contributed by atoms with Crippen molar-refractivity contribution in [2.24, 2.45) is 0 Å². The van der Waals surface area contributed by atoms with Crippen molar-refractivity contribution in [1.82, 2.24) is 0 Å². The molecule has 3 aromatic rings. The van der Waals surface area contributed by atoms with E-state index in [1.165, 1.54) is 17.8 Å². The van der Waals surface area contributed by atoms with E-state index in [4.69, 9.17) is 9.47 Å². The molecule has 0 aliphatic rings. The van der Waals surface area contributed by atoms with Crippen LogP contribution >= 0.6 is 11.8 Å². The molecule has 0 aromatic heterocycles. The van der Waals surface area contributed by atoms with E-state index in [2.05, 4.69) is 5.32 Å². The fourth-order valence-electron chi connectivity index (χ4n) is 2.67. The van der Waals surface area contributed by atoms with Crippen LogP contribution in [-0.2, 0) is 14.3 Å². The number of amides is 1. The van der Waals surface area contributed by atoms with E-state index in [1.807, 2.05) is 54.6 Å². The summed E-state index contributed by atoms with van der Waals surface area (Å²) in [6.45, 7) is -0.509. The Morgan fingerprint density at radius 3 is 2.38 bits per heavy atom. The van der Waals surface area contributed by atoms with Crippen molar-refractivity contribution in [2.75, 3.05) is 19.0 Å². The van der Waals surface area contributed by atoms with E-state index in [0.717, 1.165) is 9.79 Å². The Balaban J connectivity index is 1.60. The van der Waals surface area contributed by atoms with Gasteiger partial charge in [-0.05, 0) is 48.0 Å². The van der Waals surface area contributed by atoms with Gasteiger partial charge in [-0.25, -0.2) is 4.79 Å². The van der Waals surface area contributed by atoms with Crippen molar-refractivity contribution in [2.45, 2.75) is 9.79 Å². The molecule has 3 rings (SSSR count). The number of ether oxygens (including phenoxy) is 2. The summed E-state index contributed by atoms with van der Waals surface area (Å²) in [5, 5.41) is 12.0. The van der Waals surface area contributed by atoms with E-state index in [9.17, 15) is 14.9 Å². The number of nitrogens with one attached hydrogen (secondary N) is 1. The van der Waals surface area contributed by atoms with Gasteiger partial charge in [-0.2, -0.15) is 5.26 Å². The van der Waals surface area contributed by atoms with Crippen LogP contribution in [0.25, 0.3) is 6.08 Å². The molecule has 0 heterocycles. The van der Waals surface area contributed by atoms with Crippen molar-refractivity contribution in [3.8, 4) is 11.8 Å². The fraction of sp³-hybridized carbons (Fsp3) is 0.0800. The maximum absolute atomic E-state index is 12.3. The normalized spacial score (nSPS) is 10.7. The van der Waals surface area contributed by atoms with Crippen molar-refractivity contribution in [1.29, 1.82) is 5.26 Å². The van der Waals surface area contributed by atoms with Gasteiger partial charge in [-0.3, -0.25) is 4.79 Å². The number of benzene rings is 3. The molecule has 1 N–H and O–H groups in total. The lowest BCUT2D eigenvalue weighted by Gasteiger charge is -2.11. The Labute approximate surface area is 190 Å². The number of anilines is 1. The lowest BCUT2D eigenvalue weighted by molar-refractivity contribution is -0.142. The van der Waals surface area contributed by atoms with Crippen LogP contribution in [0.5, 0.6) is 5.75 Å². The van der Waals surface area contributed by atoms with E-state index >= 15 is 0 Å². The minimum atomic E-state index is -0.870. The standard InChI is InChI=1S/C25H20N2O4S/c1-30-20-13-11-18(12-14-20)15-19(16-26)25(29)31-17-24(28)27-22-9-5-6-10-23(22)32-21-7-3-2-4-8-21/h2-15H,17H2,1H3,(H,27,28)/b19-15-. The molecule has 32 heavy (non-hydrogen) atoms. The molecule has 0 saturated carbocycles. The largest absolute Gasteiger partial charge is 0.497 e. The topological polar surface area (TPSA) is 88.4 Å². The first kappa shape index (κ1) is 22.7. The zero-order chi connectivity index (χ0) is 22.8. The van der Waals surface area contributed by atoms with Crippen LogP contribution in [0.1, 0.15) is 5.56 Å². The Kier molecular flexibility index (Phi) is 8.07. The lowest BCUT2D eigenvalue weighted by Crippen LogP contribution is -2.21. The van der Waals surface area contributed by atoms with Gasteiger partial charge in [-0.1, -0.05) is 54.2 Å². The molecule has 0 aliphatic carbocycles. The fourth-order valence-corrected chi connectivity index (χ4v) is 3.60. The molecule has 0 saturated heterocycles. The highest BCUT2D eigenvalue weighted by molar-refractivity contribution is 7.99. The number of nitriles is 1. The van der Waals surface area contributed by atoms with Crippen molar-refractivity contribution >= 4 is 35.4 Å². The molecular weight excluding hydrogens is 424 g/mol. The molecule has 7 heteroatoms. The Morgan fingerprint density at radius 2 is 1.69 bits per heavy atom. The number of para-hydroxylation sites is 1. The van der Waals surface area contributed by atoms with Crippen LogP contribution in [0.4, 0.5) is 5.69 Å². The predicted molar refractivity (Wildman–Crippen MR) is 123 cm³/mol. The van der Waals surface area contributed by atoms with Gasteiger partial charge in [0.2, 0.25) is 0 Å². The first-order valence-electron chi connectivity index (χ1n) is 9.64. The molecule has 6 nitrogen and oxygen atoms in total. The highest BCUT2D eigenvalue weighted by Crippen LogP contribution is 2.33. The van der Waals surface area contributed by atoms with Crippen LogP contribution in [0.15, 0.2) is 94.2 Å². The molecule has 0 radical (unpaired) electrons. The summed E-state index contributed by atoms with van der Waals surface area (Å²) < 4.78 is 10.1. The Bertz CT molecular complexity index is 1150. The molecule has 0 bridgehead atoms. The monoisotopic (exact) mass is 444 g/mol. The maximum Gasteiger partial charge on any atom is 0.349 e. The minimum Gasteiger partial charge on any atom is -0.497 e. The Morgan fingerprint density at radius 1 is 1.00 bits per heavy atom. The third kappa shape index (κ3) is 6.49. The molecule has 0 spiro atoms. The van der Waals surface area contributed by atoms with Crippen LogP contribution in [0.2, 0.25) is 0 Å². The van der Waals surface area contributed by atoms with Crippen molar-refractivity contribution in [3.63, 3.8) is 0 Å². The highest BCUT2D eigenvalue weighted by atomic mass is 32.2. The number of hydrogen-bond acceptors (Lipinski definition) is 6. The van der Waals surface area contributed by atoms with Gasteiger partial charge >= 0.3 is 5.97 Å². The first-order valence-corrected chi connectivity index (χ1v) is 10.5. The Hall–Kier alpha value is -4.02. The predicted octanol–water partition coefficient (Wildman–Crippen LogP) is 4.94. The summed E-state index contributed by atoms with van der Waals surface area (Å²) in [7, 11) is 1.55. The van der Waals surface area contributed by atoms with E-state index in [-0.39, 0.29) is 5.57 Å². The van der Waals surface area contributed by atoms with Gasteiger partial charge in [0.25, 0.3) is 5.91 Å². The second-order valence-corrected chi connectivity index (χ2v) is 7.59. The van der Waals surface area contributed by atoms with Gasteiger partial charge in [0, 0.05) is 9.79 Å².